The molecule has 72 valence electrons. The lowest BCUT2D eigenvalue weighted by atomic mass is 10.1. The van der Waals surface area contributed by atoms with Crippen LogP contribution in [0.15, 0.2) is 18.3 Å². The molecule has 0 fully saturated rings. The molecule has 1 heterocycles. The summed E-state index contributed by atoms with van der Waals surface area (Å²) < 4.78 is 5.30. The lowest BCUT2D eigenvalue weighted by molar-refractivity contribution is 0.326. The van der Waals surface area contributed by atoms with E-state index in [-0.39, 0.29) is 0 Å². The third-order valence-electron chi connectivity index (χ3n) is 1.98. The SMILES string of the molecule is CCOc1cc(C(C)NC)ccn1. The second kappa shape index (κ2) is 4.82. The van der Waals surface area contributed by atoms with Gasteiger partial charge in [0.1, 0.15) is 0 Å². The first kappa shape index (κ1) is 9.99. The molecule has 3 heteroatoms. The molecule has 0 radical (unpaired) electrons. The Morgan fingerprint density at radius 1 is 1.62 bits per heavy atom. The van der Waals surface area contributed by atoms with E-state index in [1.165, 1.54) is 5.56 Å². The van der Waals surface area contributed by atoms with E-state index >= 15 is 0 Å². The Labute approximate surface area is 79.1 Å². The largest absolute Gasteiger partial charge is 0.478 e. The predicted molar refractivity (Wildman–Crippen MR) is 52.9 cm³/mol. The van der Waals surface area contributed by atoms with E-state index in [1.807, 2.05) is 26.1 Å². The molecule has 0 aliphatic carbocycles. The average Bonchev–Trinajstić information content (AvgIpc) is 2.18. The summed E-state index contributed by atoms with van der Waals surface area (Å²) in [6, 6.07) is 4.29. The molecule has 1 unspecified atom stereocenters. The molecule has 0 aliphatic heterocycles. The standard InChI is InChI=1S/C10H16N2O/c1-4-13-10-7-9(5-6-12-10)8(2)11-3/h5-8,11H,4H2,1-3H3. The number of ether oxygens (including phenoxy) is 1. The highest BCUT2D eigenvalue weighted by atomic mass is 16.5. The van der Waals surface area contributed by atoms with Gasteiger partial charge in [0, 0.05) is 18.3 Å². The highest BCUT2D eigenvalue weighted by Gasteiger charge is 2.03. The van der Waals surface area contributed by atoms with Gasteiger partial charge in [0.05, 0.1) is 6.61 Å². The highest BCUT2D eigenvalue weighted by molar-refractivity contribution is 5.23. The zero-order valence-electron chi connectivity index (χ0n) is 8.37. The Kier molecular flexibility index (Phi) is 3.71. The number of hydrogen-bond donors (Lipinski definition) is 1. The van der Waals surface area contributed by atoms with Crippen molar-refractivity contribution < 1.29 is 4.74 Å². The molecule has 0 aromatic carbocycles. The zero-order chi connectivity index (χ0) is 9.68. The van der Waals surface area contributed by atoms with Crippen molar-refractivity contribution in [1.29, 1.82) is 0 Å². The number of nitrogens with zero attached hydrogens (tertiary/aromatic N) is 1. The Bertz CT molecular complexity index is 263. The molecular formula is C10H16N2O. The van der Waals surface area contributed by atoms with Gasteiger partial charge in [0.2, 0.25) is 5.88 Å². The van der Waals surface area contributed by atoms with E-state index in [1.54, 1.807) is 6.20 Å². The minimum atomic E-state index is 0.335. The maximum Gasteiger partial charge on any atom is 0.213 e. The summed E-state index contributed by atoms with van der Waals surface area (Å²) in [5.74, 6) is 0.696. The van der Waals surface area contributed by atoms with Gasteiger partial charge < -0.3 is 10.1 Å². The van der Waals surface area contributed by atoms with Crippen molar-refractivity contribution in [2.45, 2.75) is 19.9 Å². The minimum absolute atomic E-state index is 0.335. The predicted octanol–water partition coefficient (Wildman–Crippen LogP) is 1.76. The lowest BCUT2D eigenvalue weighted by Crippen LogP contribution is -2.12. The van der Waals surface area contributed by atoms with Gasteiger partial charge in [0.25, 0.3) is 0 Å². The Morgan fingerprint density at radius 3 is 3.00 bits per heavy atom. The molecule has 0 saturated carbocycles. The molecule has 0 amide bonds. The van der Waals surface area contributed by atoms with Crippen LogP contribution in [0.3, 0.4) is 0 Å². The van der Waals surface area contributed by atoms with Crippen LogP contribution in [0.4, 0.5) is 0 Å². The molecule has 0 aliphatic rings. The van der Waals surface area contributed by atoms with Crippen molar-refractivity contribution in [2.24, 2.45) is 0 Å². The van der Waals surface area contributed by atoms with Crippen molar-refractivity contribution >= 4 is 0 Å². The summed E-state index contributed by atoms with van der Waals surface area (Å²) in [5, 5.41) is 3.17. The maximum atomic E-state index is 5.30. The summed E-state index contributed by atoms with van der Waals surface area (Å²) >= 11 is 0. The molecule has 13 heavy (non-hydrogen) atoms. The second-order valence-corrected chi connectivity index (χ2v) is 2.87. The van der Waals surface area contributed by atoms with Gasteiger partial charge in [-0.2, -0.15) is 0 Å². The van der Waals surface area contributed by atoms with Gasteiger partial charge in [0.15, 0.2) is 0 Å². The number of hydrogen-bond acceptors (Lipinski definition) is 3. The monoisotopic (exact) mass is 180 g/mol. The van der Waals surface area contributed by atoms with E-state index in [0.29, 0.717) is 18.5 Å². The van der Waals surface area contributed by atoms with Crippen molar-refractivity contribution in [3.05, 3.63) is 23.9 Å². The molecule has 3 nitrogen and oxygen atoms in total. The first-order valence-corrected chi connectivity index (χ1v) is 4.54. The van der Waals surface area contributed by atoms with Gasteiger partial charge in [-0.05, 0) is 32.5 Å². The fraction of sp³-hybridized carbons (Fsp3) is 0.500. The van der Waals surface area contributed by atoms with Crippen LogP contribution in [0.25, 0.3) is 0 Å². The van der Waals surface area contributed by atoms with Crippen LogP contribution in [0.2, 0.25) is 0 Å². The van der Waals surface area contributed by atoms with Crippen molar-refractivity contribution in [2.75, 3.05) is 13.7 Å². The van der Waals surface area contributed by atoms with Gasteiger partial charge in [-0.15, -0.1) is 0 Å². The molecule has 1 N–H and O–H groups in total. The van der Waals surface area contributed by atoms with E-state index in [0.717, 1.165) is 0 Å². The van der Waals surface area contributed by atoms with E-state index in [4.69, 9.17) is 4.74 Å². The van der Waals surface area contributed by atoms with E-state index in [9.17, 15) is 0 Å². The number of nitrogens with one attached hydrogen (secondary N) is 1. The zero-order valence-corrected chi connectivity index (χ0v) is 8.37. The fourth-order valence-electron chi connectivity index (χ4n) is 1.09. The first-order valence-electron chi connectivity index (χ1n) is 4.54. The third-order valence-corrected chi connectivity index (χ3v) is 1.98. The number of rotatable bonds is 4. The van der Waals surface area contributed by atoms with Crippen LogP contribution in [0.5, 0.6) is 5.88 Å². The van der Waals surface area contributed by atoms with Gasteiger partial charge in [-0.1, -0.05) is 0 Å². The van der Waals surface area contributed by atoms with E-state index in [2.05, 4.69) is 17.2 Å². The lowest BCUT2D eigenvalue weighted by Gasteiger charge is -2.11. The molecular weight excluding hydrogens is 164 g/mol. The van der Waals surface area contributed by atoms with Crippen molar-refractivity contribution in [3.63, 3.8) is 0 Å². The van der Waals surface area contributed by atoms with Crippen LogP contribution < -0.4 is 10.1 Å². The minimum Gasteiger partial charge on any atom is -0.478 e. The Morgan fingerprint density at radius 2 is 2.38 bits per heavy atom. The molecule has 0 saturated heterocycles. The van der Waals surface area contributed by atoms with Crippen LogP contribution in [0.1, 0.15) is 25.5 Å². The van der Waals surface area contributed by atoms with Crippen molar-refractivity contribution in [3.8, 4) is 5.88 Å². The van der Waals surface area contributed by atoms with Gasteiger partial charge >= 0.3 is 0 Å². The van der Waals surface area contributed by atoms with Crippen molar-refractivity contribution in [1.82, 2.24) is 10.3 Å². The third kappa shape index (κ3) is 2.70. The molecule has 0 bridgehead atoms. The summed E-state index contributed by atoms with van der Waals surface area (Å²) in [6.07, 6.45) is 1.77. The first-order chi connectivity index (χ1) is 6.27. The summed E-state index contributed by atoms with van der Waals surface area (Å²) in [7, 11) is 1.94. The smallest absolute Gasteiger partial charge is 0.213 e. The highest BCUT2D eigenvalue weighted by Crippen LogP contribution is 2.15. The normalized spacial score (nSPS) is 12.5. The quantitative estimate of drug-likeness (QED) is 0.766. The van der Waals surface area contributed by atoms with Crippen LogP contribution >= 0.6 is 0 Å². The van der Waals surface area contributed by atoms with Crippen LogP contribution in [-0.4, -0.2) is 18.6 Å². The van der Waals surface area contributed by atoms with Crippen LogP contribution in [-0.2, 0) is 0 Å². The number of aromatic nitrogens is 1. The van der Waals surface area contributed by atoms with E-state index < -0.39 is 0 Å². The van der Waals surface area contributed by atoms with Gasteiger partial charge in [-0.25, -0.2) is 4.98 Å². The summed E-state index contributed by atoms with van der Waals surface area (Å²) in [6.45, 7) is 4.71. The maximum absolute atomic E-state index is 5.30. The average molecular weight is 180 g/mol. The Balaban J connectivity index is 2.78. The molecule has 1 atom stereocenters. The van der Waals surface area contributed by atoms with Crippen LogP contribution in [0, 0.1) is 0 Å². The Hall–Kier alpha value is -1.09. The molecule has 0 spiro atoms. The summed E-state index contributed by atoms with van der Waals surface area (Å²) in [5.41, 5.74) is 1.20. The molecule has 1 rings (SSSR count). The fourth-order valence-corrected chi connectivity index (χ4v) is 1.09. The molecule has 1 aromatic rings. The molecule has 1 aromatic heterocycles. The second-order valence-electron chi connectivity index (χ2n) is 2.87. The van der Waals surface area contributed by atoms with Gasteiger partial charge in [-0.3, -0.25) is 0 Å². The summed E-state index contributed by atoms with van der Waals surface area (Å²) in [4.78, 5) is 4.10. The topological polar surface area (TPSA) is 34.1 Å². The number of pyridine rings is 1.